The van der Waals surface area contributed by atoms with Crippen molar-refractivity contribution in [3.8, 4) is 0 Å². The Kier molecular flexibility index (Phi) is 10.0. The number of allylic oxidation sites excluding steroid dienone is 2. The van der Waals surface area contributed by atoms with Crippen LogP contribution in [0.2, 0.25) is 13.1 Å². The normalized spacial score (nSPS) is 20.6. The largest absolute Gasteiger partial charge is 1.00 e. The maximum Gasteiger partial charge on any atom is -1.00 e. The average Bonchev–Trinajstić information content (AvgIpc) is 3.27. The van der Waals surface area contributed by atoms with E-state index in [4.69, 9.17) is 0 Å². The minimum absolute atomic E-state index is 0. The molecular weight excluding hydrogens is 599 g/mol. The van der Waals surface area contributed by atoms with Gasteiger partial charge in [0.2, 0.25) is 0 Å². The SMILES string of the molecule is CC(C)Cc1ccc2c(c1)C1=C(C(C)C)[CH]2[Zr+2][CH]2C(C(C)C)=C(c3cc(CC(C)C)ccc32)[Si]1(C)C.[Cl-].[Cl-]. The van der Waals surface area contributed by atoms with Crippen LogP contribution in [0.25, 0.3) is 10.4 Å². The molecule has 204 valence electrons. The zero-order valence-corrected chi connectivity index (χ0v) is 30.1. The molecule has 4 heteroatoms. The smallest absolute Gasteiger partial charge is 1.00 e. The van der Waals surface area contributed by atoms with Crippen LogP contribution in [0.1, 0.15) is 96.0 Å². The molecule has 0 N–H and O–H groups in total. The predicted octanol–water partition coefficient (Wildman–Crippen LogP) is 3.60. The van der Waals surface area contributed by atoms with Gasteiger partial charge in [-0.3, -0.25) is 0 Å². The van der Waals surface area contributed by atoms with Gasteiger partial charge in [0.05, 0.1) is 0 Å². The molecule has 1 heterocycles. The van der Waals surface area contributed by atoms with E-state index < -0.39 is 31.3 Å². The van der Waals surface area contributed by atoms with Gasteiger partial charge < -0.3 is 24.8 Å². The maximum absolute atomic E-state index is 2.71. The summed E-state index contributed by atoms with van der Waals surface area (Å²) in [4.78, 5) is 0. The number of hydrogen-bond acceptors (Lipinski definition) is 0. The Hall–Kier alpha value is -0.400. The van der Waals surface area contributed by atoms with Crippen LogP contribution < -0.4 is 24.8 Å². The molecule has 0 aromatic heterocycles. The van der Waals surface area contributed by atoms with Crippen molar-refractivity contribution in [1.29, 1.82) is 0 Å². The van der Waals surface area contributed by atoms with E-state index in [1.807, 2.05) is 21.5 Å². The molecule has 0 radical (unpaired) electrons. The molecule has 1 aliphatic heterocycles. The summed E-state index contributed by atoms with van der Waals surface area (Å²) >= 11 is -0.824. The van der Waals surface area contributed by atoms with Gasteiger partial charge in [0, 0.05) is 0 Å². The molecule has 2 atom stereocenters. The number of fused-ring (bicyclic) bond motifs is 8. The number of hydrogen-bond donors (Lipinski definition) is 0. The van der Waals surface area contributed by atoms with E-state index in [-0.39, 0.29) is 24.8 Å². The van der Waals surface area contributed by atoms with E-state index in [9.17, 15) is 0 Å². The second-order valence-corrected chi connectivity index (χ2v) is 21.6. The summed E-state index contributed by atoms with van der Waals surface area (Å²) in [5.41, 5.74) is 13.6. The fourth-order valence-corrected chi connectivity index (χ4v) is 18.8. The summed E-state index contributed by atoms with van der Waals surface area (Å²) in [6.07, 6.45) is 2.38. The van der Waals surface area contributed by atoms with Crippen LogP contribution in [-0.2, 0) is 36.1 Å². The molecule has 5 rings (SSSR count). The molecular formula is C34H46Cl2SiZr. The Labute approximate surface area is 258 Å². The van der Waals surface area contributed by atoms with Crippen molar-refractivity contribution in [1.82, 2.24) is 0 Å². The van der Waals surface area contributed by atoms with E-state index >= 15 is 0 Å². The summed E-state index contributed by atoms with van der Waals surface area (Å²) in [6.45, 7) is 24.8. The van der Waals surface area contributed by atoms with Crippen molar-refractivity contribution in [2.45, 2.75) is 88.6 Å². The third kappa shape index (κ3) is 5.31. The minimum Gasteiger partial charge on any atom is -1.00 e. The molecule has 0 amide bonds. The molecule has 2 unspecified atom stereocenters. The van der Waals surface area contributed by atoms with Gasteiger partial charge in [0.15, 0.2) is 0 Å². The molecule has 0 saturated heterocycles. The quantitative estimate of drug-likeness (QED) is 0.422. The van der Waals surface area contributed by atoms with Crippen molar-refractivity contribution >= 4 is 18.5 Å². The monoisotopic (exact) mass is 642 g/mol. The van der Waals surface area contributed by atoms with Gasteiger partial charge in [0.25, 0.3) is 0 Å². The van der Waals surface area contributed by atoms with Crippen molar-refractivity contribution < 1.29 is 48.0 Å². The van der Waals surface area contributed by atoms with Crippen LogP contribution in [0.5, 0.6) is 0 Å². The van der Waals surface area contributed by atoms with Crippen LogP contribution in [0.15, 0.2) is 47.5 Å². The summed E-state index contributed by atoms with van der Waals surface area (Å²) in [5.74, 6) is 2.68. The Morgan fingerprint density at radius 2 is 1.00 bits per heavy atom. The molecule has 3 aliphatic rings. The van der Waals surface area contributed by atoms with Gasteiger partial charge in [-0.15, -0.1) is 0 Å². The molecule has 2 aromatic rings. The standard InChI is InChI=1S/C34H46Si.2ClH.Zr/c1-21(2)15-25-11-13-27-19-29(23(5)6)33(31(27)17-25)35(9,10)34-30(24(7)8)20-28-14-12-26(16-22(3)4)18-32(28)34;;;/h11-14,17-24H,15-16H2,1-10H3;2*1H;/q;;;+2/p-2. The first-order chi connectivity index (χ1) is 16.9. The topological polar surface area (TPSA) is 0 Å². The van der Waals surface area contributed by atoms with Crippen LogP contribution in [-0.4, -0.2) is 8.07 Å². The maximum atomic E-state index is 2.71. The summed E-state index contributed by atoms with van der Waals surface area (Å²) in [7, 11) is -1.94. The van der Waals surface area contributed by atoms with Crippen molar-refractivity contribution in [3.05, 3.63) is 80.9 Å². The first kappa shape index (κ1) is 32.1. The van der Waals surface area contributed by atoms with E-state index in [0.29, 0.717) is 23.7 Å². The van der Waals surface area contributed by atoms with E-state index in [2.05, 4.69) is 105 Å². The summed E-state index contributed by atoms with van der Waals surface area (Å²) < 4.78 is 1.47. The third-order valence-corrected chi connectivity index (χ3v) is 17.0. The summed E-state index contributed by atoms with van der Waals surface area (Å²) in [6, 6.07) is 15.4. The Morgan fingerprint density at radius 1 is 0.632 bits per heavy atom. The summed E-state index contributed by atoms with van der Waals surface area (Å²) in [5, 5.41) is 3.66. The minimum atomic E-state index is -1.94. The Balaban J connectivity index is 0.00000200. The van der Waals surface area contributed by atoms with E-state index in [0.717, 1.165) is 7.25 Å². The van der Waals surface area contributed by atoms with Crippen molar-refractivity contribution in [3.63, 3.8) is 0 Å². The number of benzene rings is 2. The van der Waals surface area contributed by atoms with Crippen LogP contribution in [0.4, 0.5) is 0 Å². The molecule has 38 heavy (non-hydrogen) atoms. The molecule has 0 spiro atoms. The van der Waals surface area contributed by atoms with Gasteiger partial charge in [-0.2, -0.15) is 0 Å². The molecule has 0 nitrogen and oxygen atoms in total. The van der Waals surface area contributed by atoms with Gasteiger partial charge in [-0.25, -0.2) is 0 Å². The van der Waals surface area contributed by atoms with Gasteiger partial charge in [-0.1, -0.05) is 0 Å². The predicted molar refractivity (Wildman–Crippen MR) is 156 cm³/mol. The molecule has 2 aromatic carbocycles. The van der Waals surface area contributed by atoms with Gasteiger partial charge >= 0.3 is 235 Å². The number of rotatable bonds is 6. The fraction of sp³-hybridized carbons (Fsp3) is 0.529. The van der Waals surface area contributed by atoms with E-state index in [1.54, 1.807) is 33.4 Å². The third-order valence-electron chi connectivity index (χ3n) is 8.71. The molecule has 0 fully saturated rings. The molecule has 2 aliphatic carbocycles. The zero-order chi connectivity index (χ0) is 26.1. The molecule has 4 bridgehead atoms. The first-order valence-electron chi connectivity index (χ1n) is 14.4. The second-order valence-electron chi connectivity index (χ2n) is 13.7. The Bertz CT molecular complexity index is 1170. The Morgan fingerprint density at radius 3 is 1.32 bits per heavy atom. The number of halogens is 2. The van der Waals surface area contributed by atoms with Gasteiger partial charge in [-0.05, 0) is 0 Å². The van der Waals surface area contributed by atoms with Crippen molar-refractivity contribution in [2.24, 2.45) is 23.7 Å². The zero-order valence-electron chi connectivity index (χ0n) is 25.1. The van der Waals surface area contributed by atoms with Crippen LogP contribution in [0, 0.1) is 23.7 Å². The second kappa shape index (κ2) is 11.8. The fourth-order valence-electron chi connectivity index (χ4n) is 7.56. The van der Waals surface area contributed by atoms with E-state index in [1.165, 1.54) is 12.8 Å². The van der Waals surface area contributed by atoms with Gasteiger partial charge in [0.1, 0.15) is 0 Å². The first-order valence-corrected chi connectivity index (χ1v) is 20.3. The average molecular weight is 645 g/mol. The molecule has 0 saturated carbocycles. The van der Waals surface area contributed by atoms with Crippen molar-refractivity contribution in [2.75, 3.05) is 0 Å². The van der Waals surface area contributed by atoms with Crippen LogP contribution in [0.3, 0.4) is 0 Å². The van der Waals surface area contributed by atoms with Crippen LogP contribution >= 0.6 is 0 Å².